The largest absolute Gasteiger partial charge is 0.573 e. The highest BCUT2D eigenvalue weighted by atomic mass is 19.4. The van der Waals surface area contributed by atoms with Crippen LogP contribution in [0.25, 0.3) is 0 Å². The van der Waals surface area contributed by atoms with E-state index in [1.807, 2.05) is 6.07 Å². The van der Waals surface area contributed by atoms with Crippen molar-refractivity contribution in [2.24, 2.45) is 0 Å². The van der Waals surface area contributed by atoms with Gasteiger partial charge in [0.25, 0.3) is 0 Å². The van der Waals surface area contributed by atoms with E-state index in [9.17, 15) is 18.0 Å². The van der Waals surface area contributed by atoms with Gasteiger partial charge in [-0.3, -0.25) is 9.88 Å². The minimum atomic E-state index is -4.72. The predicted molar refractivity (Wildman–Crippen MR) is 121 cm³/mol. The molecule has 0 saturated carbocycles. The molecule has 6 nitrogen and oxygen atoms in total. The van der Waals surface area contributed by atoms with Gasteiger partial charge in [-0.2, -0.15) is 0 Å². The van der Waals surface area contributed by atoms with E-state index in [1.54, 1.807) is 48.7 Å². The summed E-state index contributed by atoms with van der Waals surface area (Å²) in [6.45, 7) is 5.82. The first-order valence-electron chi connectivity index (χ1n) is 10.7. The fraction of sp³-hybridized carbons (Fsp3) is 0.280. The van der Waals surface area contributed by atoms with Crippen LogP contribution in [-0.4, -0.2) is 41.0 Å². The maximum Gasteiger partial charge on any atom is 0.573 e. The Balaban J connectivity index is 1.48. The summed E-state index contributed by atoms with van der Waals surface area (Å²) in [6, 6.07) is 16.4. The number of carbonyl (C=O) groups excluding carboxylic acids is 1. The lowest BCUT2D eigenvalue weighted by Gasteiger charge is -2.30. The van der Waals surface area contributed by atoms with Crippen molar-refractivity contribution >= 4 is 11.7 Å². The lowest BCUT2D eigenvalue weighted by Crippen LogP contribution is -2.39. The van der Waals surface area contributed by atoms with Crippen LogP contribution in [-0.2, 0) is 6.54 Å². The number of hydrogen-bond donors (Lipinski definition) is 0. The molecule has 0 unspecified atom stereocenters. The summed E-state index contributed by atoms with van der Waals surface area (Å²) in [5, 5.41) is 0. The lowest BCUT2D eigenvalue weighted by molar-refractivity contribution is -0.274. The Kier molecular flexibility index (Phi) is 6.47. The molecule has 1 aromatic heterocycles. The van der Waals surface area contributed by atoms with Gasteiger partial charge >= 0.3 is 12.3 Å². The summed E-state index contributed by atoms with van der Waals surface area (Å²) in [6.07, 6.45) is -1.59. The third-order valence-corrected chi connectivity index (χ3v) is 5.66. The fourth-order valence-corrected chi connectivity index (χ4v) is 3.91. The second-order valence-electron chi connectivity index (χ2n) is 8.63. The molecule has 1 fully saturated rings. The van der Waals surface area contributed by atoms with Crippen LogP contribution < -0.4 is 14.4 Å². The van der Waals surface area contributed by atoms with Crippen molar-refractivity contribution in [1.29, 1.82) is 0 Å². The molecule has 1 saturated heterocycles. The van der Waals surface area contributed by atoms with Gasteiger partial charge < -0.3 is 14.4 Å². The van der Waals surface area contributed by atoms with Gasteiger partial charge in [0.05, 0.1) is 12.2 Å². The summed E-state index contributed by atoms with van der Waals surface area (Å²) < 4.78 is 46.8. The van der Waals surface area contributed by atoms with Crippen LogP contribution in [0.1, 0.15) is 29.8 Å². The zero-order chi connectivity index (χ0) is 24.3. The van der Waals surface area contributed by atoms with Gasteiger partial charge in [-0.15, -0.1) is 13.2 Å². The monoisotopic (exact) mass is 471 g/mol. The van der Waals surface area contributed by atoms with E-state index >= 15 is 0 Å². The third-order valence-electron chi connectivity index (χ3n) is 5.66. The summed E-state index contributed by atoms with van der Waals surface area (Å²) in [7, 11) is 0. The molecule has 34 heavy (non-hydrogen) atoms. The molecular weight excluding hydrogens is 447 g/mol. The standard InChI is InChI=1S/C25H24F3N3O3/c1-24(2)16-30(19-8-10-21(11-9-19)34-25(26,27)28)17-31(24)15-18-12-13-29-14-22(18)23(32)33-20-6-4-3-5-7-20/h3-14H,15-17H2,1-2H3. The van der Waals surface area contributed by atoms with E-state index in [1.165, 1.54) is 18.3 Å². The predicted octanol–water partition coefficient (Wildman–Crippen LogP) is 5.26. The Morgan fingerprint density at radius 1 is 1.03 bits per heavy atom. The number of rotatable bonds is 6. The highest BCUT2D eigenvalue weighted by Gasteiger charge is 2.38. The number of esters is 1. The summed E-state index contributed by atoms with van der Waals surface area (Å²) in [5.74, 6) is -0.290. The van der Waals surface area contributed by atoms with Crippen molar-refractivity contribution in [3.63, 3.8) is 0 Å². The van der Waals surface area contributed by atoms with E-state index in [4.69, 9.17) is 4.74 Å². The van der Waals surface area contributed by atoms with Crippen molar-refractivity contribution in [1.82, 2.24) is 9.88 Å². The molecule has 2 aromatic carbocycles. The Morgan fingerprint density at radius 2 is 1.74 bits per heavy atom. The quantitative estimate of drug-likeness (QED) is 0.361. The summed E-state index contributed by atoms with van der Waals surface area (Å²) in [5.41, 5.74) is 1.68. The molecule has 3 aromatic rings. The van der Waals surface area contributed by atoms with Gasteiger partial charge in [-0.1, -0.05) is 18.2 Å². The molecule has 0 spiro atoms. The average molecular weight is 471 g/mol. The van der Waals surface area contributed by atoms with Crippen molar-refractivity contribution in [3.05, 3.63) is 84.2 Å². The number of carbonyl (C=O) groups is 1. The van der Waals surface area contributed by atoms with Gasteiger partial charge in [0.2, 0.25) is 0 Å². The number of ether oxygens (including phenoxy) is 2. The molecule has 1 aliphatic rings. The normalized spacial score (nSPS) is 15.9. The maximum absolute atomic E-state index is 12.8. The number of halogens is 3. The van der Waals surface area contributed by atoms with Crippen LogP contribution in [0.15, 0.2) is 73.1 Å². The minimum absolute atomic E-state index is 0.259. The number of nitrogens with zero attached hydrogens (tertiary/aromatic N) is 3. The molecule has 0 N–H and O–H groups in total. The average Bonchev–Trinajstić information content (AvgIpc) is 3.08. The van der Waals surface area contributed by atoms with Crippen LogP contribution in [0.5, 0.6) is 11.5 Å². The second-order valence-corrected chi connectivity index (χ2v) is 8.63. The Morgan fingerprint density at radius 3 is 2.41 bits per heavy atom. The summed E-state index contributed by atoms with van der Waals surface area (Å²) >= 11 is 0. The first kappa shape index (κ1) is 23.6. The van der Waals surface area contributed by atoms with Crippen molar-refractivity contribution in [2.75, 3.05) is 18.1 Å². The highest BCUT2D eigenvalue weighted by molar-refractivity contribution is 5.92. The van der Waals surface area contributed by atoms with E-state index in [0.717, 1.165) is 11.3 Å². The Labute approximate surface area is 195 Å². The number of benzene rings is 2. The number of para-hydroxylation sites is 1. The zero-order valence-electron chi connectivity index (χ0n) is 18.7. The molecule has 178 valence electrons. The number of anilines is 1. The molecule has 1 aliphatic heterocycles. The maximum atomic E-state index is 12.8. The first-order valence-corrected chi connectivity index (χ1v) is 10.7. The SMILES string of the molecule is CC1(C)CN(c2ccc(OC(F)(F)F)cc2)CN1Cc1ccncc1C(=O)Oc1ccccc1. The number of aromatic nitrogens is 1. The molecule has 2 heterocycles. The molecule has 0 bridgehead atoms. The van der Waals surface area contributed by atoms with E-state index in [-0.39, 0.29) is 11.3 Å². The van der Waals surface area contributed by atoms with Crippen molar-refractivity contribution in [2.45, 2.75) is 32.3 Å². The number of hydrogen-bond acceptors (Lipinski definition) is 6. The second kappa shape index (κ2) is 9.34. The Bertz CT molecular complexity index is 1140. The zero-order valence-corrected chi connectivity index (χ0v) is 18.7. The molecule has 4 rings (SSSR count). The van der Waals surface area contributed by atoms with Gasteiger partial charge in [0.1, 0.15) is 11.5 Å². The van der Waals surface area contributed by atoms with Crippen LogP contribution in [0.2, 0.25) is 0 Å². The van der Waals surface area contributed by atoms with Gasteiger partial charge in [0, 0.05) is 36.7 Å². The Hall–Kier alpha value is -3.59. The van der Waals surface area contributed by atoms with E-state index in [0.29, 0.717) is 31.1 Å². The molecule has 0 atom stereocenters. The van der Waals surface area contributed by atoms with Crippen LogP contribution in [0.3, 0.4) is 0 Å². The topological polar surface area (TPSA) is 54.9 Å². The molecule has 0 amide bonds. The first-order chi connectivity index (χ1) is 16.1. The van der Waals surface area contributed by atoms with Crippen molar-refractivity contribution in [3.8, 4) is 11.5 Å². The fourth-order valence-electron chi connectivity index (χ4n) is 3.91. The van der Waals surface area contributed by atoms with Gasteiger partial charge in [0.15, 0.2) is 0 Å². The van der Waals surface area contributed by atoms with Gasteiger partial charge in [-0.25, -0.2) is 4.79 Å². The third kappa shape index (κ3) is 5.66. The molecular formula is C25H24F3N3O3. The van der Waals surface area contributed by atoms with Crippen LogP contribution in [0.4, 0.5) is 18.9 Å². The van der Waals surface area contributed by atoms with Crippen LogP contribution >= 0.6 is 0 Å². The van der Waals surface area contributed by atoms with Crippen molar-refractivity contribution < 1.29 is 27.4 Å². The minimum Gasteiger partial charge on any atom is -0.423 e. The molecule has 0 aliphatic carbocycles. The van der Waals surface area contributed by atoms with E-state index < -0.39 is 12.3 Å². The van der Waals surface area contributed by atoms with Crippen LogP contribution in [0, 0.1) is 0 Å². The molecule has 9 heteroatoms. The summed E-state index contributed by atoms with van der Waals surface area (Å²) in [4.78, 5) is 21.2. The number of alkyl halides is 3. The lowest BCUT2D eigenvalue weighted by atomic mass is 10.0. The number of pyridine rings is 1. The smallest absolute Gasteiger partial charge is 0.423 e. The molecule has 0 radical (unpaired) electrons. The highest BCUT2D eigenvalue weighted by Crippen LogP contribution is 2.32. The van der Waals surface area contributed by atoms with Gasteiger partial charge in [-0.05, 0) is 61.9 Å². The van der Waals surface area contributed by atoms with E-state index in [2.05, 4.69) is 33.4 Å².